The SMILES string of the molecule is CNc1cc(C(F)(F)F)cc(Oc2ccc(I)cc2)n1. The first kappa shape index (κ1) is 14.9. The number of alkyl halides is 3. The summed E-state index contributed by atoms with van der Waals surface area (Å²) in [6.07, 6.45) is -4.45. The minimum Gasteiger partial charge on any atom is -0.439 e. The van der Waals surface area contributed by atoms with Gasteiger partial charge < -0.3 is 10.1 Å². The predicted molar refractivity (Wildman–Crippen MR) is 78.0 cm³/mol. The fourth-order valence-corrected chi connectivity index (χ4v) is 1.83. The Bertz CT molecular complexity index is 600. The van der Waals surface area contributed by atoms with Crippen molar-refractivity contribution in [2.45, 2.75) is 6.18 Å². The maximum Gasteiger partial charge on any atom is 0.416 e. The molecule has 0 aliphatic heterocycles. The molecule has 0 bridgehead atoms. The van der Waals surface area contributed by atoms with E-state index in [0.717, 1.165) is 15.7 Å². The van der Waals surface area contributed by atoms with E-state index in [4.69, 9.17) is 4.74 Å². The lowest BCUT2D eigenvalue weighted by atomic mass is 10.2. The standard InChI is InChI=1S/C13H10F3IN2O/c1-18-11-6-8(13(14,15)16)7-12(19-11)20-10-4-2-9(17)3-5-10/h2-7H,1H3,(H,18,19). The van der Waals surface area contributed by atoms with E-state index in [1.165, 1.54) is 7.05 Å². The average molecular weight is 394 g/mol. The summed E-state index contributed by atoms with van der Waals surface area (Å²) in [4.78, 5) is 3.95. The molecular weight excluding hydrogens is 384 g/mol. The lowest BCUT2D eigenvalue weighted by molar-refractivity contribution is -0.137. The van der Waals surface area contributed by atoms with E-state index in [9.17, 15) is 13.2 Å². The molecule has 0 aliphatic rings. The molecule has 0 atom stereocenters. The van der Waals surface area contributed by atoms with Crippen molar-refractivity contribution in [3.8, 4) is 11.6 Å². The number of rotatable bonds is 3. The minimum absolute atomic E-state index is 0.0975. The Morgan fingerprint density at radius 1 is 1.15 bits per heavy atom. The summed E-state index contributed by atoms with van der Waals surface area (Å²) >= 11 is 2.12. The van der Waals surface area contributed by atoms with Crippen molar-refractivity contribution in [3.05, 3.63) is 45.5 Å². The molecule has 0 spiro atoms. The first-order valence-electron chi connectivity index (χ1n) is 5.59. The van der Waals surface area contributed by atoms with Crippen LogP contribution >= 0.6 is 22.6 Å². The molecule has 3 nitrogen and oxygen atoms in total. The summed E-state index contributed by atoms with van der Waals surface area (Å²) in [6, 6.07) is 8.73. The Morgan fingerprint density at radius 3 is 2.35 bits per heavy atom. The van der Waals surface area contributed by atoms with Crippen molar-refractivity contribution in [2.75, 3.05) is 12.4 Å². The highest BCUT2D eigenvalue weighted by Crippen LogP contribution is 2.33. The number of aromatic nitrogens is 1. The van der Waals surface area contributed by atoms with Gasteiger partial charge in [0.05, 0.1) is 5.56 Å². The number of ether oxygens (including phenoxy) is 1. The van der Waals surface area contributed by atoms with Gasteiger partial charge in [-0.15, -0.1) is 0 Å². The molecule has 0 saturated heterocycles. The van der Waals surface area contributed by atoms with Crippen LogP contribution in [0.4, 0.5) is 19.0 Å². The zero-order valence-corrected chi connectivity index (χ0v) is 12.5. The molecule has 0 saturated carbocycles. The Balaban J connectivity index is 2.33. The predicted octanol–water partition coefficient (Wildman–Crippen LogP) is 4.54. The third kappa shape index (κ3) is 3.75. The molecule has 0 fully saturated rings. The van der Waals surface area contributed by atoms with E-state index in [1.807, 2.05) is 0 Å². The molecule has 2 aromatic rings. The Labute approximate surface area is 127 Å². The van der Waals surface area contributed by atoms with Crippen LogP contribution in [0.2, 0.25) is 0 Å². The van der Waals surface area contributed by atoms with E-state index < -0.39 is 11.7 Å². The topological polar surface area (TPSA) is 34.1 Å². The molecule has 106 valence electrons. The monoisotopic (exact) mass is 394 g/mol. The third-order valence-corrected chi connectivity index (χ3v) is 3.14. The maximum absolute atomic E-state index is 12.8. The van der Waals surface area contributed by atoms with E-state index in [2.05, 4.69) is 32.9 Å². The summed E-state index contributed by atoms with van der Waals surface area (Å²) < 4.78 is 44.7. The summed E-state index contributed by atoms with van der Waals surface area (Å²) in [6.45, 7) is 0. The summed E-state index contributed by atoms with van der Waals surface area (Å²) in [7, 11) is 1.50. The first-order valence-corrected chi connectivity index (χ1v) is 6.67. The van der Waals surface area contributed by atoms with Gasteiger partial charge in [-0.3, -0.25) is 0 Å². The number of nitrogens with one attached hydrogen (secondary N) is 1. The molecule has 0 unspecified atom stereocenters. The number of benzene rings is 1. The van der Waals surface area contributed by atoms with Crippen molar-refractivity contribution in [1.29, 1.82) is 0 Å². The van der Waals surface area contributed by atoms with Gasteiger partial charge >= 0.3 is 6.18 Å². The number of hydrogen-bond donors (Lipinski definition) is 1. The Hall–Kier alpha value is -1.51. The number of anilines is 1. The van der Waals surface area contributed by atoms with Crippen molar-refractivity contribution >= 4 is 28.4 Å². The molecule has 0 radical (unpaired) electrons. The van der Waals surface area contributed by atoms with Gasteiger partial charge in [-0.05, 0) is 52.9 Å². The van der Waals surface area contributed by atoms with Crippen molar-refractivity contribution < 1.29 is 17.9 Å². The van der Waals surface area contributed by atoms with Gasteiger partial charge in [-0.1, -0.05) is 0 Å². The average Bonchev–Trinajstić information content (AvgIpc) is 2.40. The van der Waals surface area contributed by atoms with Crippen molar-refractivity contribution in [2.24, 2.45) is 0 Å². The third-order valence-electron chi connectivity index (χ3n) is 2.42. The molecule has 7 heteroatoms. The van der Waals surface area contributed by atoms with Crippen LogP contribution in [0.3, 0.4) is 0 Å². The van der Waals surface area contributed by atoms with E-state index >= 15 is 0 Å². The number of nitrogens with zero attached hydrogens (tertiary/aromatic N) is 1. The highest BCUT2D eigenvalue weighted by Gasteiger charge is 2.32. The quantitative estimate of drug-likeness (QED) is 0.777. The maximum atomic E-state index is 12.8. The summed E-state index contributed by atoms with van der Waals surface area (Å²) in [5.74, 6) is 0.421. The first-order chi connectivity index (χ1) is 9.38. The highest BCUT2D eigenvalue weighted by molar-refractivity contribution is 14.1. The normalized spacial score (nSPS) is 11.2. The van der Waals surface area contributed by atoms with Gasteiger partial charge in [0.1, 0.15) is 11.6 Å². The second-order valence-electron chi connectivity index (χ2n) is 3.88. The highest BCUT2D eigenvalue weighted by atomic mass is 127. The number of hydrogen-bond acceptors (Lipinski definition) is 3. The van der Waals surface area contributed by atoms with Gasteiger partial charge in [-0.2, -0.15) is 18.2 Å². The molecule has 0 aliphatic carbocycles. The van der Waals surface area contributed by atoms with Crippen LogP contribution < -0.4 is 10.1 Å². The van der Waals surface area contributed by atoms with Crippen LogP contribution in [0.5, 0.6) is 11.6 Å². The lowest BCUT2D eigenvalue weighted by Crippen LogP contribution is -2.07. The smallest absolute Gasteiger partial charge is 0.416 e. The largest absolute Gasteiger partial charge is 0.439 e. The van der Waals surface area contributed by atoms with Crippen LogP contribution in [-0.2, 0) is 6.18 Å². The molecule has 20 heavy (non-hydrogen) atoms. The van der Waals surface area contributed by atoms with Gasteiger partial charge in [0.15, 0.2) is 0 Å². The lowest BCUT2D eigenvalue weighted by Gasteiger charge is -2.11. The van der Waals surface area contributed by atoms with Crippen LogP contribution in [-0.4, -0.2) is 12.0 Å². The van der Waals surface area contributed by atoms with Crippen LogP contribution in [0.1, 0.15) is 5.56 Å². The minimum atomic E-state index is -4.45. The van der Waals surface area contributed by atoms with Crippen LogP contribution in [0.25, 0.3) is 0 Å². The molecule has 0 amide bonds. The molecule has 1 N–H and O–H groups in total. The molecule has 1 heterocycles. The van der Waals surface area contributed by atoms with Crippen LogP contribution in [0.15, 0.2) is 36.4 Å². The second kappa shape index (κ2) is 5.86. The van der Waals surface area contributed by atoms with E-state index in [-0.39, 0.29) is 11.7 Å². The van der Waals surface area contributed by atoms with Crippen molar-refractivity contribution in [3.63, 3.8) is 0 Å². The van der Waals surface area contributed by atoms with Gasteiger partial charge in [-0.25, -0.2) is 0 Å². The molecule has 2 rings (SSSR count). The van der Waals surface area contributed by atoms with Gasteiger partial charge in [0.2, 0.25) is 5.88 Å². The summed E-state index contributed by atoms with van der Waals surface area (Å²) in [5, 5.41) is 2.58. The van der Waals surface area contributed by atoms with E-state index in [1.54, 1.807) is 24.3 Å². The zero-order chi connectivity index (χ0) is 14.8. The van der Waals surface area contributed by atoms with Gasteiger partial charge in [0, 0.05) is 16.7 Å². The fraction of sp³-hybridized carbons (Fsp3) is 0.154. The Kier molecular flexibility index (Phi) is 4.36. The summed E-state index contributed by atoms with van der Waals surface area (Å²) in [5.41, 5.74) is -0.808. The van der Waals surface area contributed by atoms with E-state index in [0.29, 0.717) is 5.75 Å². The Morgan fingerprint density at radius 2 is 1.80 bits per heavy atom. The molecule has 1 aromatic heterocycles. The van der Waals surface area contributed by atoms with Crippen LogP contribution in [0, 0.1) is 3.57 Å². The fourth-order valence-electron chi connectivity index (χ4n) is 1.47. The molecular formula is C13H10F3IN2O. The number of halogens is 4. The van der Waals surface area contributed by atoms with Crippen molar-refractivity contribution in [1.82, 2.24) is 4.98 Å². The van der Waals surface area contributed by atoms with Gasteiger partial charge in [0.25, 0.3) is 0 Å². The molecule has 1 aromatic carbocycles. The second-order valence-corrected chi connectivity index (χ2v) is 5.13. The number of pyridine rings is 1. The zero-order valence-electron chi connectivity index (χ0n) is 10.3.